The highest BCUT2D eigenvalue weighted by molar-refractivity contribution is 7.80. The molecule has 0 aliphatic carbocycles. The Balaban J connectivity index is 2.36. The predicted molar refractivity (Wildman–Crippen MR) is 83.2 cm³/mol. The molecule has 0 unspecified atom stereocenters. The second-order valence-electron chi connectivity index (χ2n) is 3.86. The van der Waals surface area contributed by atoms with Crippen molar-refractivity contribution in [2.24, 2.45) is 10.7 Å². The Morgan fingerprint density at radius 2 is 2.37 bits per heavy atom. The zero-order valence-corrected chi connectivity index (χ0v) is 12.4. The number of pyridine rings is 1. The summed E-state index contributed by atoms with van der Waals surface area (Å²) in [5.41, 5.74) is 6.42. The van der Waals surface area contributed by atoms with Gasteiger partial charge in [0.05, 0.1) is 17.3 Å². The number of nitrogens with one attached hydrogen (secondary N) is 2. The van der Waals surface area contributed by atoms with Crippen molar-refractivity contribution in [1.29, 1.82) is 0 Å². The van der Waals surface area contributed by atoms with Crippen molar-refractivity contribution in [2.45, 2.75) is 26.3 Å². The van der Waals surface area contributed by atoms with Crippen LogP contribution in [0.5, 0.6) is 0 Å². The van der Waals surface area contributed by atoms with E-state index in [2.05, 4.69) is 27.5 Å². The molecular formula is C12H18ClN5S. The lowest BCUT2D eigenvalue weighted by atomic mass is 10.3. The summed E-state index contributed by atoms with van der Waals surface area (Å²) < 4.78 is 0. The first-order valence-electron chi connectivity index (χ1n) is 6.07. The van der Waals surface area contributed by atoms with Gasteiger partial charge < -0.3 is 16.4 Å². The molecule has 1 aromatic heterocycles. The number of guanidine groups is 1. The molecule has 0 aliphatic rings. The summed E-state index contributed by atoms with van der Waals surface area (Å²) in [5, 5.41) is 6.78. The average molecular weight is 300 g/mol. The Kier molecular flexibility index (Phi) is 7.14. The quantitative estimate of drug-likeness (QED) is 0.335. The maximum Gasteiger partial charge on any atom is 0.194 e. The molecule has 0 bridgehead atoms. The SMILES string of the molecule is CCCCN=C(N)NC(=S)NCc1ncccc1Cl. The van der Waals surface area contributed by atoms with Gasteiger partial charge in [0.2, 0.25) is 0 Å². The first-order chi connectivity index (χ1) is 9.13. The second kappa shape index (κ2) is 8.66. The van der Waals surface area contributed by atoms with Gasteiger partial charge in [-0.3, -0.25) is 9.98 Å². The molecule has 0 aliphatic heterocycles. The molecule has 0 saturated carbocycles. The van der Waals surface area contributed by atoms with Gasteiger partial charge in [-0.2, -0.15) is 0 Å². The first kappa shape index (κ1) is 15.7. The summed E-state index contributed by atoms with van der Waals surface area (Å²) in [5.74, 6) is 0.318. The summed E-state index contributed by atoms with van der Waals surface area (Å²) >= 11 is 11.1. The van der Waals surface area contributed by atoms with Crippen LogP contribution in [0.25, 0.3) is 0 Å². The van der Waals surface area contributed by atoms with E-state index in [1.165, 1.54) is 0 Å². The highest BCUT2D eigenvalue weighted by Crippen LogP contribution is 2.11. The first-order valence-corrected chi connectivity index (χ1v) is 6.86. The maximum absolute atomic E-state index is 5.98. The number of halogens is 1. The molecule has 5 nitrogen and oxygen atoms in total. The Morgan fingerprint density at radius 3 is 3.05 bits per heavy atom. The molecule has 7 heteroatoms. The molecule has 0 fully saturated rings. The van der Waals surface area contributed by atoms with Crippen LogP contribution in [0.2, 0.25) is 5.02 Å². The molecule has 1 aromatic rings. The Hall–Kier alpha value is -1.40. The zero-order valence-electron chi connectivity index (χ0n) is 10.8. The predicted octanol–water partition coefficient (Wildman–Crippen LogP) is 1.81. The molecule has 0 aromatic carbocycles. The van der Waals surface area contributed by atoms with Gasteiger partial charge in [-0.15, -0.1) is 0 Å². The molecular weight excluding hydrogens is 282 g/mol. The standard InChI is InChI=1S/C12H18ClN5S/c1-2-3-6-16-11(14)18-12(19)17-8-10-9(13)5-4-7-15-10/h4-5,7H,2-3,6,8H2,1H3,(H4,14,16,17,18,19). The van der Waals surface area contributed by atoms with Gasteiger partial charge in [0.25, 0.3) is 0 Å². The third-order valence-electron chi connectivity index (χ3n) is 2.29. The number of unbranched alkanes of at least 4 members (excludes halogenated alkanes) is 1. The van der Waals surface area contributed by atoms with E-state index in [-0.39, 0.29) is 0 Å². The third-order valence-corrected chi connectivity index (χ3v) is 2.88. The van der Waals surface area contributed by atoms with Gasteiger partial charge in [-0.05, 0) is 30.8 Å². The maximum atomic E-state index is 5.98. The summed E-state index contributed by atoms with van der Waals surface area (Å²) in [6.45, 7) is 3.24. The number of nitrogens with zero attached hydrogens (tertiary/aromatic N) is 2. The Bertz CT molecular complexity index is 450. The topological polar surface area (TPSA) is 75.3 Å². The molecule has 4 N–H and O–H groups in total. The fourth-order valence-electron chi connectivity index (χ4n) is 1.27. The lowest BCUT2D eigenvalue weighted by molar-refractivity contribution is 0.803. The van der Waals surface area contributed by atoms with E-state index in [1.807, 2.05) is 0 Å². The molecule has 0 atom stereocenters. The summed E-state index contributed by atoms with van der Waals surface area (Å²) in [4.78, 5) is 8.29. The van der Waals surface area contributed by atoms with Crippen molar-refractivity contribution in [3.63, 3.8) is 0 Å². The van der Waals surface area contributed by atoms with Crippen LogP contribution < -0.4 is 16.4 Å². The van der Waals surface area contributed by atoms with Crippen molar-refractivity contribution in [3.8, 4) is 0 Å². The largest absolute Gasteiger partial charge is 0.370 e. The number of hydrogen-bond donors (Lipinski definition) is 3. The summed E-state index contributed by atoms with van der Waals surface area (Å²) in [6, 6.07) is 3.56. The van der Waals surface area contributed by atoms with Crippen LogP contribution in [0.15, 0.2) is 23.3 Å². The van der Waals surface area contributed by atoms with Crippen molar-refractivity contribution >= 4 is 34.9 Å². The van der Waals surface area contributed by atoms with E-state index >= 15 is 0 Å². The molecule has 0 spiro atoms. The minimum atomic E-state index is 0.318. The number of aliphatic imine (C=N–C) groups is 1. The van der Waals surface area contributed by atoms with Gasteiger partial charge in [-0.25, -0.2) is 0 Å². The van der Waals surface area contributed by atoms with Crippen LogP contribution in [-0.2, 0) is 6.54 Å². The van der Waals surface area contributed by atoms with Gasteiger partial charge in [-0.1, -0.05) is 24.9 Å². The van der Waals surface area contributed by atoms with Crippen molar-refractivity contribution in [1.82, 2.24) is 15.6 Å². The molecule has 0 radical (unpaired) electrons. The smallest absolute Gasteiger partial charge is 0.194 e. The normalized spacial score (nSPS) is 11.2. The third kappa shape index (κ3) is 6.35. The second-order valence-corrected chi connectivity index (χ2v) is 4.68. The van der Waals surface area contributed by atoms with Crippen LogP contribution >= 0.6 is 23.8 Å². The Morgan fingerprint density at radius 1 is 1.58 bits per heavy atom. The average Bonchev–Trinajstić information content (AvgIpc) is 2.38. The van der Waals surface area contributed by atoms with E-state index in [1.54, 1.807) is 18.3 Å². The monoisotopic (exact) mass is 299 g/mol. The van der Waals surface area contributed by atoms with E-state index < -0.39 is 0 Å². The highest BCUT2D eigenvalue weighted by Gasteiger charge is 2.02. The summed E-state index contributed by atoms with van der Waals surface area (Å²) in [7, 11) is 0. The minimum absolute atomic E-state index is 0.318. The molecule has 19 heavy (non-hydrogen) atoms. The lowest BCUT2D eigenvalue weighted by Gasteiger charge is -2.10. The van der Waals surface area contributed by atoms with E-state index in [9.17, 15) is 0 Å². The molecule has 0 amide bonds. The molecule has 104 valence electrons. The number of rotatable bonds is 5. The van der Waals surface area contributed by atoms with Crippen LogP contribution in [0.1, 0.15) is 25.5 Å². The van der Waals surface area contributed by atoms with Crippen LogP contribution in [0.3, 0.4) is 0 Å². The molecule has 0 saturated heterocycles. The lowest BCUT2D eigenvalue weighted by Crippen LogP contribution is -2.43. The molecule has 1 rings (SSSR count). The number of aromatic nitrogens is 1. The number of nitrogens with two attached hydrogens (primary N) is 1. The van der Waals surface area contributed by atoms with Crippen LogP contribution in [-0.4, -0.2) is 22.6 Å². The van der Waals surface area contributed by atoms with Crippen LogP contribution in [0, 0.1) is 0 Å². The van der Waals surface area contributed by atoms with E-state index in [0.29, 0.717) is 29.2 Å². The van der Waals surface area contributed by atoms with Crippen molar-refractivity contribution < 1.29 is 0 Å². The van der Waals surface area contributed by atoms with Crippen molar-refractivity contribution in [2.75, 3.05) is 6.54 Å². The van der Waals surface area contributed by atoms with Gasteiger partial charge >= 0.3 is 0 Å². The molecule has 1 heterocycles. The fraction of sp³-hybridized carbons (Fsp3) is 0.417. The Labute approximate surface area is 123 Å². The van der Waals surface area contributed by atoms with Gasteiger partial charge in [0.1, 0.15) is 0 Å². The minimum Gasteiger partial charge on any atom is -0.370 e. The zero-order chi connectivity index (χ0) is 14.1. The van der Waals surface area contributed by atoms with E-state index in [0.717, 1.165) is 18.5 Å². The van der Waals surface area contributed by atoms with E-state index in [4.69, 9.17) is 29.6 Å². The van der Waals surface area contributed by atoms with Crippen LogP contribution in [0.4, 0.5) is 0 Å². The number of thiocarbonyl (C=S) groups is 1. The van der Waals surface area contributed by atoms with Crippen molar-refractivity contribution in [3.05, 3.63) is 29.0 Å². The van der Waals surface area contributed by atoms with Gasteiger partial charge in [0, 0.05) is 12.7 Å². The summed E-state index contributed by atoms with van der Waals surface area (Å²) in [6.07, 6.45) is 3.77. The fourth-order valence-corrected chi connectivity index (χ4v) is 1.64. The van der Waals surface area contributed by atoms with Gasteiger partial charge in [0.15, 0.2) is 11.1 Å². The highest BCUT2D eigenvalue weighted by atomic mass is 35.5. The number of hydrogen-bond acceptors (Lipinski definition) is 3.